The van der Waals surface area contributed by atoms with E-state index in [1.807, 2.05) is 99.0 Å². The van der Waals surface area contributed by atoms with Crippen molar-refractivity contribution in [3.63, 3.8) is 0 Å². The normalized spacial score (nSPS) is 10.7. The van der Waals surface area contributed by atoms with Gasteiger partial charge in [-0.1, -0.05) is 54.1 Å². The van der Waals surface area contributed by atoms with Gasteiger partial charge >= 0.3 is 0 Å². The number of pyridine rings is 1. The van der Waals surface area contributed by atoms with Crippen LogP contribution in [0.25, 0.3) is 0 Å². The molecule has 0 aliphatic rings. The minimum Gasteiger partial charge on any atom is -0.497 e. The Hall–Kier alpha value is -3.96. The number of rotatable bonds is 7. The molecule has 0 aliphatic heterocycles. The van der Waals surface area contributed by atoms with E-state index in [0.29, 0.717) is 13.1 Å². The lowest BCUT2D eigenvalue weighted by Crippen LogP contribution is -2.27. The van der Waals surface area contributed by atoms with Crippen LogP contribution in [0.2, 0.25) is 5.02 Å². The second-order valence-electron chi connectivity index (χ2n) is 8.18. The maximum atomic E-state index is 6.13. The van der Waals surface area contributed by atoms with Crippen LogP contribution in [0, 0.1) is 6.92 Å². The van der Waals surface area contributed by atoms with Crippen LogP contribution < -0.4 is 4.74 Å². The van der Waals surface area contributed by atoms with Gasteiger partial charge in [-0.25, -0.2) is 0 Å². The number of ether oxygens (including phenoxy) is 1. The molecule has 0 saturated heterocycles. The third-order valence-electron chi connectivity index (χ3n) is 5.35. The van der Waals surface area contributed by atoms with E-state index in [-0.39, 0.29) is 0 Å². The Morgan fingerprint density at radius 2 is 1.75 bits per heavy atom. The van der Waals surface area contributed by atoms with Gasteiger partial charge in [0.2, 0.25) is 0 Å². The van der Waals surface area contributed by atoms with Crippen LogP contribution in [0.5, 0.6) is 5.75 Å². The topological polar surface area (TPSA) is 50.1 Å². The molecule has 5 nitrogen and oxygen atoms in total. The van der Waals surface area contributed by atoms with Gasteiger partial charge in [-0.15, -0.1) is 0 Å². The molecule has 0 saturated carbocycles. The highest BCUT2D eigenvalue weighted by molar-refractivity contribution is 6.30. The maximum absolute atomic E-state index is 6.13. The number of para-hydroxylation sites is 1. The third-order valence-corrected chi connectivity index (χ3v) is 5.58. The Balaban J connectivity index is 0.000000338. The van der Waals surface area contributed by atoms with Crippen LogP contribution in [0.1, 0.15) is 22.3 Å². The van der Waals surface area contributed by atoms with Gasteiger partial charge in [0.05, 0.1) is 19.3 Å². The van der Waals surface area contributed by atoms with Crippen LogP contribution in [0.4, 0.5) is 5.69 Å². The molecule has 0 radical (unpaired) electrons. The van der Waals surface area contributed by atoms with Crippen molar-refractivity contribution in [1.29, 1.82) is 0 Å². The summed E-state index contributed by atoms with van der Waals surface area (Å²) in [6.45, 7) is 6.96. The second-order valence-corrected chi connectivity index (χ2v) is 8.62. The molecule has 0 amide bonds. The van der Waals surface area contributed by atoms with E-state index in [9.17, 15) is 0 Å². The number of aryl methyl sites for hydroxylation is 1. The quantitative estimate of drug-likeness (QED) is 0.201. The van der Waals surface area contributed by atoms with Gasteiger partial charge < -0.3 is 9.64 Å². The molecule has 4 rings (SSSR count). The number of benzene rings is 3. The first kappa shape index (κ1) is 26.6. The minimum absolute atomic E-state index is 0.536. The van der Waals surface area contributed by atoms with Crippen LogP contribution in [0.15, 0.2) is 107 Å². The Morgan fingerprint density at radius 1 is 0.972 bits per heavy atom. The molecular weight excluding hydrogens is 468 g/mol. The molecule has 4 aromatic rings. The molecule has 3 aromatic carbocycles. The monoisotopic (exact) mass is 498 g/mol. The molecule has 0 atom stereocenters. The van der Waals surface area contributed by atoms with Crippen molar-refractivity contribution in [1.82, 2.24) is 9.88 Å². The van der Waals surface area contributed by atoms with Gasteiger partial charge in [0, 0.05) is 36.6 Å². The predicted octanol–water partition coefficient (Wildman–Crippen LogP) is 7.15. The van der Waals surface area contributed by atoms with Gasteiger partial charge in [0.15, 0.2) is 0 Å². The zero-order chi connectivity index (χ0) is 25.8. The van der Waals surface area contributed by atoms with Crippen molar-refractivity contribution in [2.75, 3.05) is 14.2 Å². The van der Waals surface area contributed by atoms with Gasteiger partial charge in [-0.05, 0) is 72.8 Å². The second kappa shape index (κ2) is 13.8. The van der Waals surface area contributed by atoms with Crippen molar-refractivity contribution in [3.05, 3.63) is 125 Å². The fraction of sp³-hybridized carbons (Fsp3) is 0.167. The summed E-state index contributed by atoms with van der Waals surface area (Å²) in [7, 11) is 3.69. The van der Waals surface area contributed by atoms with Gasteiger partial charge in [0.25, 0.3) is 0 Å². The lowest BCUT2D eigenvalue weighted by atomic mass is 10.1. The van der Waals surface area contributed by atoms with Crippen LogP contribution in [0.3, 0.4) is 0 Å². The first-order valence-corrected chi connectivity index (χ1v) is 11.9. The average molecular weight is 499 g/mol. The molecule has 184 valence electrons. The first-order chi connectivity index (χ1) is 17.5. The molecule has 0 fully saturated rings. The van der Waals surface area contributed by atoms with Crippen LogP contribution in [-0.4, -0.2) is 36.6 Å². The highest BCUT2D eigenvalue weighted by Gasteiger charge is 2.14. The number of aromatic nitrogens is 1. The molecule has 0 unspecified atom stereocenters. The first-order valence-electron chi connectivity index (χ1n) is 11.6. The zero-order valence-electron chi connectivity index (χ0n) is 20.9. The molecule has 0 bridgehead atoms. The molecule has 0 spiro atoms. The molecule has 6 heteroatoms. The molecule has 1 heterocycles. The summed E-state index contributed by atoms with van der Waals surface area (Å²) in [5.41, 5.74) is 5.15. The largest absolute Gasteiger partial charge is 0.497 e. The Morgan fingerprint density at radius 3 is 2.42 bits per heavy atom. The van der Waals surface area contributed by atoms with Crippen molar-refractivity contribution < 1.29 is 4.74 Å². The highest BCUT2D eigenvalue weighted by atomic mass is 35.5. The summed E-state index contributed by atoms with van der Waals surface area (Å²) in [6, 6.07) is 27.6. The lowest BCUT2D eigenvalue weighted by Gasteiger charge is -2.23. The van der Waals surface area contributed by atoms with Gasteiger partial charge in [0.1, 0.15) is 11.6 Å². The molecule has 36 heavy (non-hydrogen) atoms. The predicted molar refractivity (Wildman–Crippen MR) is 151 cm³/mol. The van der Waals surface area contributed by atoms with Crippen molar-refractivity contribution >= 4 is 29.8 Å². The maximum Gasteiger partial charge on any atom is 0.133 e. The van der Waals surface area contributed by atoms with E-state index in [4.69, 9.17) is 21.3 Å². The van der Waals surface area contributed by atoms with Crippen molar-refractivity contribution in [3.8, 4) is 5.75 Å². The van der Waals surface area contributed by atoms with E-state index in [1.54, 1.807) is 13.3 Å². The van der Waals surface area contributed by atoms with E-state index in [0.717, 1.165) is 39.0 Å². The number of nitrogens with zero attached hydrogens (tertiary/aromatic N) is 4. The summed E-state index contributed by atoms with van der Waals surface area (Å²) in [5.74, 6) is 1.77. The average Bonchev–Trinajstić information content (AvgIpc) is 2.90. The van der Waals surface area contributed by atoms with Crippen LogP contribution in [-0.2, 0) is 13.1 Å². The molecule has 0 aliphatic carbocycles. The number of methoxy groups -OCH3 is 1. The minimum atomic E-state index is 0.536. The van der Waals surface area contributed by atoms with E-state index >= 15 is 0 Å². The summed E-state index contributed by atoms with van der Waals surface area (Å²) < 4.78 is 5.00. The summed E-state index contributed by atoms with van der Waals surface area (Å²) >= 11 is 6.13. The summed E-state index contributed by atoms with van der Waals surface area (Å²) in [4.78, 5) is 15.3. The number of amidine groups is 1. The Labute approximate surface area is 218 Å². The standard InChI is InChI=1S/C22H21ClN4.C8H10O/c1-24-21-11-4-3-10-20(21)22(26-15-18-8-6-12-25-14-18)27(2)16-17-7-5-9-19(23)13-17;1-7-4-3-5-8(6-7)9-2/h3-14H,1,15-16H2,2H3;3-6H,1-2H3. The van der Waals surface area contributed by atoms with Gasteiger partial charge in [-0.2, -0.15) is 0 Å². The number of hydrogen-bond donors (Lipinski definition) is 0. The van der Waals surface area contributed by atoms with Gasteiger partial charge in [-0.3, -0.25) is 15.0 Å². The van der Waals surface area contributed by atoms with E-state index < -0.39 is 0 Å². The summed E-state index contributed by atoms with van der Waals surface area (Å²) in [6.07, 6.45) is 3.59. The van der Waals surface area contributed by atoms with Crippen molar-refractivity contribution in [2.24, 2.45) is 9.98 Å². The number of halogens is 1. The SMILES string of the molecule is C=Nc1ccccc1C(=NCc1cccnc1)N(C)Cc1cccc(Cl)c1.COc1cccc(C)c1. The van der Waals surface area contributed by atoms with E-state index in [2.05, 4.69) is 27.7 Å². The molecular formula is C30H31ClN4O. The fourth-order valence-electron chi connectivity index (χ4n) is 3.60. The molecule has 1 aromatic heterocycles. The zero-order valence-corrected chi connectivity index (χ0v) is 21.7. The smallest absolute Gasteiger partial charge is 0.133 e. The van der Waals surface area contributed by atoms with E-state index in [1.165, 1.54) is 5.56 Å². The Bertz CT molecular complexity index is 1290. The van der Waals surface area contributed by atoms with Crippen molar-refractivity contribution in [2.45, 2.75) is 20.0 Å². The highest BCUT2D eigenvalue weighted by Crippen LogP contribution is 2.22. The molecule has 0 N–H and O–H groups in total. The fourth-order valence-corrected chi connectivity index (χ4v) is 3.81. The third kappa shape index (κ3) is 8.07. The van der Waals surface area contributed by atoms with Crippen LogP contribution >= 0.6 is 11.6 Å². The summed E-state index contributed by atoms with van der Waals surface area (Å²) in [5, 5.41) is 0.725. The number of hydrogen-bond acceptors (Lipinski definition) is 4. The Kier molecular flexibility index (Phi) is 10.2. The number of aliphatic imine (C=N–C) groups is 2. The lowest BCUT2D eigenvalue weighted by molar-refractivity contribution is 0.414.